The lowest BCUT2D eigenvalue weighted by molar-refractivity contribution is 0.0965. The lowest BCUT2D eigenvalue weighted by Crippen LogP contribution is -2.25. The van der Waals surface area contributed by atoms with Crippen LogP contribution >= 0.6 is 0 Å². The van der Waals surface area contributed by atoms with Crippen molar-refractivity contribution in [3.8, 4) is 0 Å². The maximum Gasteiger partial charge on any atom is 0.350 e. The summed E-state index contributed by atoms with van der Waals surface area (Å²) in [6.07, 6.45) is 4.01. The van der Waals surface area contributed by atoms with E-state index in [0.717, 1.165) is 11.4 Å². The van der Waals surface area contributed by atoms with Gasteiger partial charge in [0, 0.05) is 29.2 Å². The Morgan fingerprint density at radius 1 is 1.30 bits per heavy atom. The van der Waals surface area contributed by atoms with E-state index in [4.69, 9.17) is 0 Å². The third kappa shape index (κ3) is 2.21. The predicted octanol–water partition coefficient (Wildman–Crippen LogP) is 2.13. The standard InChI is InChI=1S/C17H18N4O2/c1-11-9-14(12(2)21(11)13-6-7-13)15(22)10-20-17(23)19-8-4-3-5-16(19)18-20/h3-5,8-9,13H,6-7,10H2,1-2H3. The van der Waals surface area contributed by atoms with Crippen molar-refractivity contribution in [2.24, 2.45) is 0 Å². The highest BCUT2D eigenvalue weighted by molar-refractivity contribution is 5.97. The molecule has 3 aromatic rings. The molecule has 1 aliphatic carbocycles. The summed E-state index contributed by atoms with van der Waals surface area (Å²) < 4.78 is 4.92. The van der Waals surface area contributed by atoms with Crippen LogP contribution in [0.15, 0.2) is 35.3 Å². The monoisotopic (exact) mass is 310 g/mol. The van der Waals surface area contributed by atoms with Gasteiger partial charge in [0.25, 0.3) is 0 Å². The third-order valence-corrected chi connectivity index (χ3v) is 4.48. The Bertz CT molecular complexity index is 972. The summed E-state index contributed by atoms with van der Waals surface area (Å²) in [5.74, 6) is -0.0736. The Hall–Kier alpha value is -2.63. The molecule has 1 aliphatic rings. The number of carbonyl (C=O) groups excluding carboxylic acids is 1. The van der Waals surface area contributed by atoms with Crippen LogP contribution in [0.5, 0.6) is 0 Å². The number of hydrogen-bond donors (Lipinski definition) is 0. The van der Waals surface area contributed by atoms with Crippen molar-refractivity contribution in [1.82, 2.24) is 18.7 Å². The van der Waals surface area contributed by atoms with E-state index >= 15 is 0 Å². The maximum absolute atomic E-state index is 12.7. The van der Waals surface area contributed by atoms with Crippen LogP contribution in [0.2, 0.25) is 0 Å². The van der Waals surface area contributed by atoms with E-state index in [1.165, 1.54) is 21.9 Å². The average Bonchev–Trinajstić information content (AvgIpc) is 3.25. The Kier molecular flexibility index (Phi) is 3.01. The van der Waals surface area contributed by atoms with Crippen LogP contribution in [0, 0.1) is 13.8 Å². The van der Waals surface area contributed by atoms with Crippen molar-refractivity contribution in [2.75, 3.05) is 0 Å². The van der Waals surface area contributed by atoms with Gasteiger partial charge in [-0.15, -0.1) is 5.10 Å². The Balaban J connectivity index is 1.68. The normalized spacial score (nSPS) is 14.5. The van der Waals surface area contributed by atoms with Crippen molar-refractivity contribution in [1.29, 1.82) is 0 Å². The minimum absolute atomic E-state index is 0.0323. The zero-order chi connectivity index (χ0) is 16.1. The van der Waals surface area contributed by atoms with Gasteiger partial charge in [-0.25, -0.2) is 9.48 Å². The minimum atomic E-state index is -0.287. The zero-order valence-corrected chi connectivity index (χ0v) is 13.2. The SMILES string of the molecule is Cc1cc(C(=O)Cn2nc3ccccn3c2=O)c(C)n1C1CC1. The second-order valence-corrected chi connectivity index (χ2v) is 6.18. The van der Waals surface area contributed by atoms with Crippen molar-refractivity contribution >= 4 is 11.4 Å². The second-order valence-electron chi connectivity index (χ2n) is 6.18. The maximum atomic E-state index is 12.7. The topological polar surface area (TPSA) is 61.3 Å². The second kappa shape index (κ2) is 4.94. The van der Waals surface area contributed by atoms with Gasteiger partial charge in [0.15, 0.2) is 11.4 Å². The van der Waals surface area contributed by atoms with Crippen LogP contribution in [-0.2, 0) is 6.54 Å². The highest BCUT2D eigenvalue weighted by Crippen LogP contribution is 2.38. The van der Waals surface area contributed by atoms with Gasteiger partial charge in [-0.2, -0.15) is 0 Å². The molecule has 0 spiro atoms. The summed E-state index contributed by atoms with van der Waals surface area (Å²) in [4.78, 5) is 24.9. The fraction of sp³-hybridized carbons (Fsp3) is 0.353. The molecule has 1 fully saturated rings. The van der Waals surface area contributed by atoms with Crippen molar-refractivity contribution < 1.29 is 4.79 Å². The number of Topliss-reactive ketones (excluding diaryl/α,β-unsaturated/α-hetero) is 1. The predicted molar refractivity (Wildman–Crippen MR) is 86.0 cm³/mol. The van der Waals surface area contributed by atoms with Gasteiger partial charge in [-0.3, -0.25) is 9.20 Å². The molecule has 0 amide bonds. The van der Waals surface area contributed by atoms with E-state index in [0.29, 0.717) is 17.3 Å². The van der Waals surface area contributed by atoms with Gasteiger partial charge in [0.2, 0.25) is 0 Å². The highest BCUT2D eigenvalue weighted by Gasteiger charge is 2.28. The summed E-state index contributed by atoms with van der Waals surface area (Å²) in [5.41, 5.74) is 3.06. The van der Waals surface area contributed by atoms with E-state index in [2.05, 4.69) is 9.67 Å². The summed E-state index contributed by atoms with van der Waals surface area (Å²) in [5, 5.41) is 4.22. The molecule has 4 rings (SSSR count). The number of ketones is 1. The lowest BCUT2D eigenvalue weighted by atomic mass is 10.1. The number of hydrogen-bond acceptors (Lipinski definition) is 3. The van der Waals surface area contributed by atoms with Crippen LogP contribution in [-0.4, -0.2) is 24.5 Å². The van der Waals surface area contributed by atoms with Crippen LogP contribution in [0.3, 0.4) is 0 Å². The van der Waals surface area contributed by atoms with Gasteiger partial charge >= 0.3 is 5.69 Å². The third-order valence-electron chi connectivity index (χ3n) is 4.48. The van der Waals surface area contributed by atoms with Gasteiger partial charge < -0.3 is 4.57 Å². The molecular formula is C17H18N4O2. The fourth-order valence-electron chi connectivity index (χ4n) is 3.25. The van der Waals surface area contributed by atoms with E-state index in [1.807, 2.05) is 26.0 Å². The van der Waals surface area contributed by atoms with Gasteiger partial charge in [0.05, 0.1) is 0 Å². The number of rotatable bonds is 4. The number of aromatic nitrogens is 4. The quantitative estimate of drug-likeness (QED) is 0.694. The molecule has 0 aromatic carbocycles. The van der Waals surface area contributed by atoms with Crippen molar-refractivity contribution in [3.63, 3.8) is 0 Å². The van der Waals surface area contributed by atoms with Gasteiger partial charge in [-0.05, 0) is 44.9 Å². The first kappa shape index (κ1) is 14.0. The number of fused-ring (bicyclic) bond motifs is 1. The molecule has 23 heavy (non-hydrogen) atoms. The van der Waals surface area contributed by atoms with Crippen molar-refractivity contribution in [3.05, 3.63) is 57.9 Å². The molecule has 0 saturated heterocycles. The molecule has 0 N–H and O–H groups in total. The zero-order valence-electron chi connectivity index (χ0n) is 13.2. The molecule has 1 saturated carbocycles. The number of carbonyl (C=O) groups is 1. The van der Waals surface area contributed by atoms with E-state index < -0.39 is 0 Å². The van der Waals surface area contributed by atoms with E-state index in [-0.39, 0.29) is 18.0 Å². The molecule has 3 heterocycles. The van der Waals surface area contributed by atoms with Crippen LogP contribution < -0.4 is 5.69 Å². The summed E-state index contributed by atoms with van der Waals surface area (Å²) in [6.45, 7) is 3.97. The van der Waals surface area contributed by atoms with Crippen LogP contribution in [0.1, 0.15) is 40.6 Å². The van der Waals surface area contributed by atoms with Crippen LogP contribution in [0.25, 0.3) is 5.65 Å². The molecule has 0 aliphatic heterocycles. The van der Waals surface area contributed by atoms with Gasteiger partial charge in [0.1, 0.15) is 6.54 Å². The first-order valence-corrected chi connectivity index (χ1v) is 7.82. The Labute approximate surface area is 133 Å². The molecule has 118 valence electrons. The van der Waals surface area contributed by atoms with Gasteiger partial charge in [-0.1, -0.05) is 6.07 Å². The van der Waals surface area contributed by atoms with E-state index in [9.17, 15) is 9.59 Å². The molecule has 0 radical (unpaired) electrons. The molecule has 0 unspecified atom stereocenters. The first-order chi connectivity index (χ1) is 11.1. The van der Waals surface area contributed by atoms with Crippen molar-refractivity contribution in [2.45, 2.75) is 39.3 Å². The Morgan fingerprint density at radius 3 is 2.78 bits per heavy atom. The smallest absolute Gasteiger partial charge is 0.345 e. The number of pyridine rings is 1. The largest absolute Gasteiger partial charge is 0.350 e. The lowest BCUT2D eigenvalue weighted by Gasteiger charge is -2.07. The first-order valence-electron chi connectivity index (χ1n) is 7.82. The van der Waals surface area contributed by atoms with E-state index in [1.54, 1.807) is 18.3 Å². The Morgan fingerprint density at radius 2 is 2.09 bits per heavy atom. The summed E-state index contributed by atoms with van der Waals surface area (Å²) in [7, 11) is 0. The fourth-order valence-corrected chi connectivity index (χ4v) is 3.25. The van der Waals surface area contributed by atoms with Crippen LogP contribution in [0.4, 0.5) is 0 Å². The highest BCUT2D eigenvalue weighted by atomic mass is 16.2. The number of nitrogens with zero attached hydrogens (tertiary/aromatic N) is 4. The molecule has 6 heteroatoms. The molecule has 6 nitrogen and oxygen atoms in total. The average molecular weight is 310 g/mol. The molecular weight excluding hydrogens is 292 g/mol. The summed E-state index contributed by atoms with van der Waals surface area (Å²) in [6, 6.07) is 7.80. The minimum Gasteiger partial charge on any atom is -0.345 e. The molecule has 0 bridgehead atoms. The number of aryl methyl sites for hydroxylation is 1. The summed E-state index contributed by atoms with van der Waals surface area (Å²) >= 11 is 0. The molecule has 0 atom stereocenters. The molecule has 3 aromatic heterocycles.